The molecule has 0 bridgehead atoms. The number of hydrogen-bond acceptors (Lipinski definition) is 7. The third-order valence-corrected chi connectivity index (χ3v) is 6.58. The number of fused-ring (bicyclic) bond motifs is 1. The lowest BCUT2D eigenvalue weighted by Crippen LogP contribution is -2.28. The number of likely N-dealkylation sites (tertiary alicyclic amines) is 1. The number of rotatable bonds is 10. The Morgan fingerprint density at radius 3 is 2.95 bits per heavy atom. The van der Waals surface area contributed by atoms with Crippen LogP contribution in [-0.2, 0) is 11.3 Å². The zero-order valence-electron chi connectivity index (χ0n) is 21.0. The van der Waals surface area contributed by atoms with E-state index in [4.69, 9.17) is 4.74 Å². The van der Waals surface area contributed by atoms with Crippen molar-refractivity contribution in [3.8, 4) is 5.75 Å². The summed E-state index contributed by atoms with van der Waals surface area (Å²) >= 11 is 0. The maximum Gasteiger partial charge on any atom is 0.246 e. The van der Waals surface area contributed by atoms with Crippen molar-refractivity contribution in [1.29, 1.82) is 0 Å². The number of nitrogens with one attached hydrogen (secondary N) is 2. The van der Waals surface area contributed by atoms with E-state index in [9.17, 15) is 13.6 Å². The number of ether oxygens (including phenoxy) is 1. The summed E-state index contributed by atoms with van der Waals surface area (Å²) in [5.74, 6) is -1.35. The molecule has 2 N–H and O–H groups in total. The summed E-state index contributed by atoms with van der Waals surface area (Å²) in [6, 6.07) is 9.94. The van der Waals surface area contributed by atoms with Gasteiger partial charge in [-0.15, -0.1) is 0 Å². The summed E-state index contributed by atoms with van der Waals surface area (Å²) in [6.07, 6.45) is 8.15. The third kappa shape index (κ3) is 6.05. The predicted octanol–water partition coefficient (Wildman–Crippen LogP) is 4.74. The number of anilines is 3. The van der Waals surface area contributed by atoms with Crippen LogP contribution in [0.2, 0.25) is 0 Å². The molecule has 1 aliphatic rings. The summed E-state index contributed by atoms with van der Waals surface area (Å²) in [4.78, 5) is 23.5. The van der Waals surface area contributed by atoms with Crippen molar-refractivity contribution in [2.24, 2.45) is 0 Å². The van der Waals surface area contributed by atoms with Gasteiger partial charge in [-0.1, -0.05) is 6.07 Å². The van der Waals surface area contributed by atoms with E-state index in [2.05, 4.69) is 37.5 Å². The molecule has 198 valence electrons. The fourth-order valence-electron chi connectivity index (χ4n) is 4.60. The molecule has 2 aromatic heterocycles. The van der Waals surface area contributed by atoms with Crippen LogP contribution in [0.1, 0.15) is 26.2 Å². The third-order valence-electron chi connectivity index (χ3n) is 6.58. The topological polar surface area (TPSA) is 97.2 Å². The summed E-state index contributed by atoms with van der Waals surface area (Å²) < 4.78 is 34.5. The number of benzene rings is 2. The summed E-state index contributed by atoms with van der Waals surface area (Å²) in [7, 11) is 0. The van der Waals surface area contributed by atoms with Crippen LogP contribution in [0, 0.1) is 11.6 Å². The van der Waals surface area contributed by atoms with Crippen molar-refractivity contribution in [2.45, 2.75) is 38.8 Å². The van der Waals surface area contributed by atoms with Crippen molar-refractivity contribution >= 4 is 34.0 Å². The lowest BCUT2D eigenvalue weighted by Gasteiger charge is -2.20. The zero-order chi connectivity index (χ0) is 26.5. The SMILES string of the molecule is C[C@H]1CCCN1CCCOc1ccc2c(Nc3cnn(CC(=O)Nc4cccc(F)c4F)c3)ncnc2c1. The Balaban J connectivity index is 1.17. The average Bonchev–Trinajstić information content (AvgIpc) is 3.52. The van der Waals surface area contributed by atoms with E-state index in [1.165, 1.54) is 42.5 Å². The minimum absolute atomic E-state index is 0.181. The number of nitrogens with zero attached hydrogens (tertiary/aromatic N) is 5. The van der Waals surface area contributed by atoms with Gasteiger partial charge < -0.3 is 20.3 Å². The highest BCUT2D eigenvalue weighted by molar-refractivity contribution is 5.92. The normalized spacial score (nSPS) is 15.6. The highest BCUT2D eigenvalue weighted by atomic mass is 19.2. The van der Waals surface area contributed by atoms with Crippen molar-refractivity contribution in [3.63, 3.8) is 0 Å². The summed E-state index contributed by atoms with van der Waals surface area (Å²) in [6.45, 7) is 4.96. The summed E-state index contributed by atoms with van der Waals surface area (Å²) in [5.41, 5.74) is 1.11. The van der Waals surface area contributed by atoms with Gasteiger partial charge in [0.15, 0.2) is 11.6 Å². The Morgan fingerprint density at radius 2 is 2.11 bits per heavy atom. The second-order valence-corrected chi connectivity index (χ2v) is 9.33. The smallest absolute Gasteiger partial charge is 0.246 e. The molecule has 0 spiro atoms. The van der Waals surface area contributed by atoms with Gasteiger partial charge in [-0.05, 0) is 57.0 Å². The molecule has 5 rings (SSSR count). The van der Waals surface area contributed by atoms with E-state index in [1.807, 2.05) is 18.2 Å². The minimum atomic E-state index is -1.11. The molecule has 0 aliphatic carbocycles. The van der Waals surface area contributed by atoms with Gasteiger partial charge in [0.25, 0.3) is 0 Å². The molecule has 1 fully saturated rings. The highest BCUT2D eigenvalue weighted by Crippen LogP contribution is 2.26. The second-order valence-electron chi connectivity index (χ2n) is 9.33. The van der Waals surface area contributed by atoms with Crippen molar-refractivity contribution < 1.29 is 18.3 Å². The molecule has 1 aliphatic heterocycles. The van der Waals surface area contributed by atoms with Crippen LogP contribution < -0.4 is 15.4 Å². The molecule has 0 unspecified atom stereocenters. The quantitative estimate of drug-likeness (QED) is 0.291. The molecule has 38 heavy (non-hydrogen) atoms. The van der Waals surface area contributed by atoms with E-state index in [1.54, 1.807) is 12.4 Å². The van der Waals surface area contributed by atoms with Gasteiger partial charge in [-0.25, -0.2) is 18.7 Å². The standard InChI is InChI=1S/C27H29F2N7O2/c1-18-5-3-10-35(18)11-4-12-38-20-8-9-21-24(13-20)30-17-31-27(21)33-19-14-32-36(15-19)16-25(37)34-23-7-2-6-22(28)26(23)29/h2,6-9,13-15,17-18H,3-5,10-12,16H2,1H3,(H,34,37)(H,30,31,33)/t18-/m0/s1. The van der Waals surface area contributed by atoms with Crippen molar-refractivity contribution in [1.82, 2.24) is 24.6 Å². The Hall–Kier alpha value is -4.12. The average molecular weight is 522 g/mol. The van der Waals surface area contributed by atoms with Crippen LogP contribution in [0.25, 0.3) is 10.9 Å². The number of hydrogen-bond donors (Lipinski definition) is 2. The first-order valence-corrected chi connectivity index (χ1v) is 12.6. The van der Waals surface area contributed by atoms with E-state index < -0.39 is 17.5 Å². The lowest BCUT2D eigenvalue weighted by molar-refractivity contribution is -0.116. The van der Waals surface area contributed by atoms with E-state index in [0.717, 1.165) is 35.7 Å². The monoisotopic (exact) mass is 521 g/mol. The Labute approximate surface area is 218 Å². The van der Waals surface area contributed by atoms with Gasteiger partial charge in [0, 0.05) is 30.2 Å². The number of amides is 1. The van der Waals surface area contributed by atoms with Gasteiger partial charge in [0.05, 0.1) is 29.7 Å². The molecular weight excluding hydrogens is 492 g/mol. The molecule has 1 atom stereocenters. The Bertz CT molecular complexity index is 1430. The highest BCUT2D eigenvalue weighted by Gasteiger charge is 2.19. The predicted molar refractivity (Wildman–Crippen MR) is 140 cm³/mol. The van der Waals surface area contributed by atoms with Crippen LogP contribution in [0.3, 0.4) is 0 Å². The maximum absolute atomic E-state index is 13.8. The van der Waals surface area contributed by atoms with Crippen molar-refractivity contribution in [3.05, 3.63) is 66.8 Å². The van der Waals surface area contributed by atoms with E-state index >= 15 is 0 Å². The van der Waals surface area contributed by atoms with Crippen LogP contribution in [0.4, 0.5) is 26.0 Å². The summed E-state index contributed by atoms with van der Waals surface area (Å²) in [5, 5.41) is 10.5. The number of aromatic nitrogens is 4. The Morgan fingerprint density at radius 1 is 1.21 bits per heavy atom. The largest absolute Gasteiger partial charge is 0.493 e. The minimum Gasteiger partial charge on any atom is -0.493 e. The molecule has 11 heteroatoms. The molecule has 0 radical (unpaired) electrons. The zero-order valence-corrected chi connectivity index (χ0v) is 21.0. The van der Waals surface area contributed by atoms with E-state index in [0.29, 0.717) is 24.2 Å². The molecule has 1 amide bonds. The van der Waals surface area contributed by atoms with E-state index in [-0.39, 0.29) is 12.2 Å². The first-order valence-electron chi connectivity index (χ1n) is 12.6. The molecule has 0 saturated carbocycles. The molecule has 1 saturated heterocycles. The van der Waals surface area contributed by atoms with Crippen LogP contribution in [-0.4, -0.2) is 56.3 Å². The van der Waals surface area contributed by atoms with Crippen LogP contribution in [0.5, 0.6) is 5.75 Å². The van der Waals surface area contributed by atoms with Gasteiger partial charge in [-0.2, -0.15) is 5.10 Å². The molecule has 4 aromatic rings. The lowest BCUT2D eigenvalue weighted by atomic mass is 10.2. The van der Waals surface area contributed by atoms with Gasteiger partial charge >= 0.3 is 0 Å². The van der Waals surface area contributed by atoms with Gasteiger partial charge in [0.2, 0.25) is 5.91 Å². The molecule has 9 nitrogen and oxygen atoms in total. The number of carbonyl (C=O) groups excluding carboxylic acids is 1. The maximum atomic E-state index is 13.8. The molecular formula is C27H29F2N7O2. The number of carbonyl (C=O) groups is 1. The fourth-order valence-corrected chi connectivity index (χ4v) is 4.60. The molecule has 2 aromatic carbocycles. The first-order chi connectivity index (χ1) is 18.5. The fraction of sp³-hybridized carbons (Fsp3) is 0.333. The Kier molecular flexibility index (Phi) is 7.73. The second kappa shape index (κ2) is 11.5. The van der Waals surface area contributed by atoms with Crippen LogP contribution in [0.15, 0.2) is 55.1 Å². The molecule has 3 heterocycles. The number of halogens is 2. The van der Waals surface area contributed by atoms with Crippen molar-refractivity contribution in [2.75, 3.05) is 30.3 Å². The van der Waals surface area contributed by atoms with Crippen LogP contribution >= 0.6 is 0 Å². The van der Waals surface area contributed by atoms with Gasteiger partial charge in [0.1, 0.15) is 24.4 Å². The van der Waals surface area contributed by atoms with Gasteiger partial charge in [-0.3, -0.25) is 9.48 Å². The first kappa shape index (κ1) is 25.5.